The number of ether oxygens (including phenoxy) is 2. The average Bonchev–Trinajstić information content (AvgIpc) is 3.21. The summed E-state index contributed by atoms with van der Waals surface area (Å²) in [5.74, 6) is -0.354. The number of hydrogen-bond donors (Lipinski definition) is 0. The molecule has 2 aromatic rings. The van der Waals surface area contributed by atoms with Gasteiger partial charge in [-0.1, -0.05) is 5.21 Å². The summed E-state index contributed by atoms with van der Waals surface area (Å²) in [6.07, 6.45) is 0.810. The molecule has 2 aliphatic rings. The van der Waals surface area contributed by atoms with E-state index in [1.54, 1.807) is 23.0 Å². The van der Waals surface area contributed by atoms with E-state index >= 15 is 0 Å². The molecule has 1 aromatic heterocycles. The number of cyclic esters (lactones) is 1. The lowest BCUT2D eigenvalue weighted by Gasteiger charge is -2.29. The number of rotatable bonds is 4. The van der Waals surface area contributed by atoms with Crippen LogP contribution in [0.3, 0.4) is 0 Å². The quantitative estimate of drug-likeness (QED) is 0.823. The zero-order valence-corrected chi connectivity index (χ0v) is 14.5. The number of morpholine rings is 1. The molecule has 138 valence electrons. The molecule has 0 radical (unpaired) electrons. The van der Waals surface area contributed by atoms with Gasteiger partial charge in [0.2, 0.25) is 0 Å². The lowest BCUT2D eigenvalue weighted by atomic mass is 10.2. The molecule has 2 aliphatic heterocycles. The van der Waals surface area contributed by atoms with Crippen molar-refractivity contribution in [3.63, 3.8) is 0 Å². The van der Waals surface area contributed by atoms with Gasteiger partial charge < -0.3 is 14.4 Å². The molecule has 1 aromatic carbocycles. The first kappa shape index (κ1) is 16.8. The zero-order valence-electron chi connectivity index (χ0n) is 14.5. The summed E-state index contributed by atoms with van der Waals surface area (Å²) >= 11 is 0. The second kappa shape index (κ2) is 6.91. The van der Waals surface area contributed by atoms with Crippen LogP contribution in [0.2, 0.25) is 0 Å². The van der Waals surface area contributed by atoms with Gasteiger partial charge >= 0.3 is 6.09 Å². The first-order chi connectivity index (χ1) is 12.6. The van der Waals surface area contributed by atoms with Crippen LogP contribution in [-0.4, -0.2) is 60.0 Å². The molecule has 2 saturated heterocycles. The molecule has 2 fully saturated rings. The van der Waals surface area contributed by atoms with E-state index in [9.17, 15) is 9.18 Å². The van der Waals surface area contributed by atoms with Gasteiger partial charge in [-0.25, -0.2) is 13.9 Å². The maximum atomic E-state index is 14.6. The molecular weight excluding hydrogens is 341 g/mol. The Labute approximate surface area is 150 Å². The lowest BCUT2D eigenvalue weighted by Crippen LogP contribution is -2.36. The molecule has 0 spiro atoms. The van der Waals surface area contributed by atoms with Gasteiger partial charge in [-0.15, -0.1) is 5.10 Å². The second-order valence-corrected chi connectivity index (χ2v) is 6.41. The maximum absolute atomic E-state index is 14.6. The van der Waals surface area contributed by atoms with Crippen LogP contribution in [0, 0.1) is 12.7 Å². The Hall–Kier alpha value is -2.68. The Bertz CT molecular complexity index is 805. The van der Waals surface area contributed by atoms with Crippen molar-refractivity contribution in [1.29, 1.82) is 0 Å². The van der Waals surface area contributed by atoms with E-state index in [4.69, 9.17) is 9.47 Å². The van der Waals surface area contributed by atoms with Crippen molar-refractivity contribution in [2.24, 2.45) is 0 Å². The Morgan fingerprint density at radius 2 is 2.12 bits per heavy atom. The molecule has 0 saturated carbocycles. The highest BCUT2D eigenvalue weighted by Gasteiger charge is 2.33. The molecule has 4 rings (SSSR count). The van der Waals surface area contributed by atoms with Crippen LogP contribution in [0.5, 0.6) is 0 Å². The Balaban J connectivity index is 1.47. The van der Waals surface area contributed by atoms with Crippen LogP contribution in [-0.2, 0) is 16.0 Å². The second-order valence-electron chi connectivity index (χ2n) is 6.41. The van der Waals surface area contributed by atoms with Gasteiger partial charge in [0, 0.05) is 13.1 Å². The minimum Gasteiger partial charge on any atom is -0.442 e. The van der Waals surface area contributed by atoms with Gasteiger partial charge in [-0.2, -0.15) is 0 Å². The summed E-state index contributed by atoms with van der Waals surface area (Å²) in [7, 11) is 0. The Kier molecular flexibility index (Phi) is 4.46. The normalized spacial score (nSPS) is 20.5. The van der Waals surface area contributed by atoms with Crippen molar-refractivity contribution >= 4 is 17.5 Å². The molecule has 26 heavy (non-hydrogen) atoms. The van der Waals surface area contributed by atoms with Crippen LogP contribution in [0.1, 0.15) is 5.69 Å². The molecule has 1 amide bonds. The van der Waals surface area contributed by atoms with Crippen molar-refractivity contribution in [3.05, 3.63) is 35.9 Å². The van der Waals surface area contributed by atoms with E-state index in [2.05, 4.69) is 10.3 Å². The smallest absolute Gasteiger partial charge is 0.414 e. The number of carbonyl (C=O) groups excluding carboxylic acids is 1. The van der Waals surface area contributed by atoms with Gasteiger partial charge in [0.25, 0.3) is 0 Å². The number of carbonyl (C=O) groups is 1. The summed E-state index contributed by atoms with van der Waals surface area (Å²) in [6, 6.07) is 4.84. The number of amides is 1. The van der Waals surface area contributed by atoms with Crippen LogP contribution in [0.25, 0.3) is 0 Å². The van der Waals surface area contributed by atoms with E-state index < -0.39 is 6.09 Å². The fraction of sp³-hybridized carbons (Fsp3) is 0.471. The number of aryl methyl sites for hydroxylation is 1. The Morgan fingerprint density at radius 1 is 1.31 bits per heavy atom. The Morgan fingerprint density at radius 3 is 2.81 bits per heavy atom. The summed E-state index contributed by atoms with van der Waals surface area (Å²) < 4.78 is 27.0. The molecule has 0 unspecified atom stereocenters. The van der Waals surface area contributed by atoms with Gasteiger partial charge in [0.1, 0.15) is 11.9 Å². The highest BCUT2D eigenvalue weighted by molar-refractivity contribution is 5.90. The van der Waals surface area contributed by atoms with Gasteiger partial charge in [0.05, 0.1) is 49.6 Å². The summed E-state index contributed by atoms with van der Waals surface area (Å²) in [5.41, 5.74) is 1.90. The van der Waals surface area contributed by atoms with Gasteiger partial charge in [0.15, 0.2) is 0 Å². The topological polar surface area (TPSA) is 72.7 Å². The average molecular weight is 361 g/mol. The molecular formula is C17H20FN5O3. The minimum atomic E-state index is -0.480. The number of halogens is 1. The highest BCUT2D eigenvalue weighted by Crippen LogP contribution is 2.28. The monoisotopic (exact) mass is 361 g/mol. The van der Waals surface area contributed by atoms with Crippen LogP contribution >= 0.6 is 0 Å². The third-order valence-corrected chi connectivity index (χ3v) is 4.66. The number of aromatic nitrogens is 3. The van der Waals surface area contributed by atoms with E-state index in [-0.39, 0.29) is 11.9 Å². The lowest BCUT2D eigenvalue weighted by molar-refractivity contribution is 0.122. The third-order valence-electron chi connectivity index (χ3n) is 4.66. The largest absolute Gasteiger partial charge is 0.442 e. The summed E-state index contributed by atoms with van der Waals surface area (Å²) in [6.45, 7) is 5.12. The van der Waals surface area contributed by atoms with E-state index in [1.165, 1.54) is 11.0 Å². The fourth-order valence-corrected chi connectivity index (χ4v) is 3.23. The predicted octanol–water partition coefficient (Wildman–Crippen LogP) is 1.59. The molecule has 0 aliphatic carbocycles. The SMILES string of the molecule is Cc1cnnn1C[C@H]1CN(c2ccc(N3CCOCC3)c(F)c2)C(=O)O1. The predicted molar refractivity (Wildman–Crippen MR) is 91.8 cm³/mol. The van der Waals surface area contributed by atoms with E-state index in [1.807, 2.05) is 11.8 Å². The van der Waals surface area contributed by atoms with E-state index in [0.717, 1.165) is 5.69 Å². The summed E-state index contributed by atoms with van der Waals surface area (Å²) in [5, 5.41) is 7.78. The number of benzene rings is 1. The van der Waals surface area contributed by atoms with Crippen molar-refractivity contribution in [2.45, 2.75) is 19.6 Å². The molecule has 0 N–H and O–H groups in total. The molecule has 1 atom stereocenters. The maximum Gasteiger partial charge on any atom is 0.414 e. The number of nitrogens with zero attached hydrogens (tertiary/aromatic N) is 5. The van der Waals surface area contributed by atoms with Gasteiger partial charge in [-0.3, -0.25) is 4.90 Å². The third kappa shape index (κ3) is 3.22. The van der Waals surface area contributed by atoms with Crippen LogP contribution in [0.4, 0.5) is 20.6 Å². The van der Waals surface area contributed by atoms with Crippen molar-refractivity contribution in [3.8, 4) is 0 Å². The van der Waals surface area contributed by atoms with Crippen molar-refractivity contribution in [1.82, 2.24) is 15.0 Å². The molecule has 3 heterocycles. The number of anilines is 2. The number of hydrogen-bond acceptors (Lipinski definition) is 6. The summed E-state index contributed by atoms with van der Waals surface area (Å²) in [4.78, 5) is 15.6. The molecule has 0 bridgehead atoms. The van der Waals surface area contributed by atoms with Gasteiger partial charge in [-0.05, 0) is 25.1 Å². The highest BCUT2D eigenvalue weighted by atomic mass is 19.1. The first-order valence-corrected chi connectivity index (χ1v) is 8.57. The standard InChI is InChI=1S/C17H20FN5O3/c1-12-9-19-20-23(12)11-14-10-22(17(24)26-14)13-2-3-16(15(18)8-13)21-4-6-25-7-5-21/h2-3,8-9,14H,4-7,10-11H2,1H3/t14-/m1/s1. The van der Waals surface area contributed by atoms with Crippen molar-refractivity contribution < 1.29 is 18.7 Å². The van der Waals surface area contributed by atoms with Crippen LogP contribution < -0.4 is 9.80 Å². The van der Waals surface area contributed by atoms with E-state index in [0.29, 0.717) is 50.8 Å². The molecule has 8 nitrogen and oxygen atoms in total. The van der Waals surface area contributed by atoms with Crippen molar-refractivity contribution in [2.75, 3.05) is 42.6 Å². The zero-order chi connectivity index (χ0) is 18.1. The first-order valence-electron chi connectivity index (χ1n) is 8.57. The molecule has 9 heteroatoms. The fourth-order valence-electron chi connectivity index (χ4n) is 3.23. The van der Waals surface area contributed by atoms with Crippen LogP contribution in [0.15, 0.2) is 24.4 Å². The minimum absolute atomic E-state index is 0.342.